The van der Waals surface area contributed by atoms with Gasteiger partial charge in [-0.15, -0.1) is 0 Å². The van der Waals surface area contributed by atoms with Crippen molar-refractivity contribution in [2.24, 2.45) is 0 Å². The molecule has 112 valence electrons. The van der Waals surface area contributed by atoms with E-state index in [1.807, 2.05) is 36.4 Å². The molecule has 0 radical (unpaired) electrons. The lowest BCUT2D eigenvalue weighted by molar-refractivity contribution is 0.104. The zero-order valence-electron chi connectivity index (χ0n) is 12.4. The van der Waals surface area contributed by atoms with Gasteiger partial charge in [0.05, 0.1) is 14.2 Å². The normalized spacial score (nSPS) is 15.0. The highest BCUT2D eigenvalue weighted by molar-refractivity contribution is 9.10. The van der Waals surface area contributed by atoms with Crippen LogP contribution in [-0.4, -0.2) is 20.0 Å². The molecule has 0 N–H and O–H groups in total. The predicted octanol–water partition coefficient (Wildman–Crippen LogP) is 4.29. The number of ether oxygens (including phenoxy) is 2. The van der Waals surface area contributed by atoms with Crippen LogP contribution in [0.15, 0.2) is 46.4 Å². The Kier molecular flexibility index (Phi) is 4.03. The van der Waals surface area contributed by atoms with Crippen LogP contribution in [0.2, 0.25) is 0 Å². The lowest BCUT2D eigenvalue weighted by Gasteiger charge is -2.08. The third kappa shape index (κ3) is 2.66. The average Bonchev–Trinajstić information content (AvgIpc) is 2.83. The van der Waals surface area contributed by atoms with E-state index >= 15 is 0 Å². The van der Waals surface area contributed by atoms with Crippen molar-refractivity contribution >= 4 is 27.8 Å². The van der Waals surface area contributed by atoms with Crippen molar-refractivity contribution in [1.82, 2.24) is 0 Å². The summed E-state index contributed by atoms with van der Waals surface area (Å²) in [5.74, 6) is 1.29. The quantitative estimate of drug-likeness (QED) is 0.767. The number of hydrogen-bond acceptors (Lipinski definition) is 3. The molecular formula is C18H15BrO3. The number of Topliss-reactive ketones (excluding diaryl/α,β-unsaturated/α-hetero) is 1. The van der Waals surface area contributed by atoms with Crippen molar-refractivity contribution in [2.45, 2.75) is 6.42 Å². The first-order valence-corrected chi connectivity index (χ1v) is 7.67. The second-order valence-electron chi connectivity index (χ2n) is 5.09. The molecule has 22 heavy (non-hydrogen) atoms. The highest BCUT2D eigenvalue weighted by Gasteiger charge is 2.27. The smallest absolute Gasteiger partial charge is 0.189 e. The summed E-state index contributed by atoms with van der Waals surface area (Å²) < 4.78 is 11.6. The molecule has 3 rings (SSSR count). The minimum absolute atomic E-state index is 0.0545. The molecule has 0 aromatic heterocycles. The average molecular weight is 359 g/mol. The maximum Gasteiger partial charge on any atom is 0.189 e. The zero-order chi connectivity index (χ0) is 15.7. The second-order valence-corrected chi connectivity index (χ2v) is 6.01. The Balaban J connectivity index is 1.98. The van der Waals surface area contributed by atoms with E-state index in [-0.39, 0.29) is 5.78 Å². The van der Waals surface area contributed by atoms with Crippen LogP contribution in [0.1, 0.15) is 21.5 Å². The van der Waals surface area contributed by atoms with Crippen LogP contribution in [0.25, 0.3) is 6.08 Å². The Hall–Kier alpha value is -2.07. The predicted molar refractivity (Wildman–Crippen MR) is 89.7 cm³/mol. The van der Waals surface area contributed by atoms with E-state index in [1.165, 1.54) is 0 Å². The van der Waals surface area contributed by atoms with Crippen molar-refractivity contribution in [1.29, 1.82) is 0 Å². The van der Waals surface area contributed by atoms with Crippen molar-refractivity contribution in [3.8, 4) is 11.5 Å². The van der Waals surface area contributed by atoms with Crippen LogP contribution in [0, 0.1) is 0 Å². The van der Waals surface area contributed by atoms with Crippen LogP contribution >= 0.6 is 15.9 Å². The van der Waals surface area contributed by atoms with Gasteiger partial charge >= 0.3 is 0 Å². The minimum Gasteiger partial charge on any atom is -0.493 e. The summed E-state index contributed by atoms with van der Waals surface area (Å²) in [6, 6.07) is 11.5. The van der Waals surface area contributed by atoms with E-state index in [2.05, 4.69) is 15.9 Å². The third-order valence-corrected chi connectivity index (χ3v) is 4.27. The first kappa shape index (κ1) is 14.9. The van der Waals surface area contributed by atoms with Gasteiger partial charge in [0.25, 0.3) is 0 Å². The summed E-state index contributed by atoms with van der Waals surface area (Å²) in [6.07, 6.45) is 2.55. The molecule has 4 heteroatoms. The summed E-state index contributed by atoms with van der Waals surface area (Å²) >= 11 is 3.41. The van der Waals surface area contributed by atoms with E-state index in [1.54, 1.807) is 20.3 Å². The van der Waals surface area contributed by atoms with Crippen molar-refractivity contribution in [3.05, 3.63) is 63.1 Å². The molecule has 0 saturated carbocycles. The zero-order valence-corrected chi connectivity index (χ0v) is 13.9. The van der Waals surface area contributed by atoms with Crippen LogP contribution in [0.3, 0.4) is 0 Å². The fourth-order valence-electron chi connectivity index (χ4n) is 2.61. The van der Waals surface area contributed by atoms with Gasteiger partial charge in [-0.3, -0.25) is 4.79 Å². The van der Waals surface area contributed by atoms with Gasteiger partial charge in [-0.2, -0.15) is 0 Å². The second kappa shape index (κ2) is 5.97. The number of rotatable bonds is 3. The van der Waals surface area contributed by atoms with Crippen LogP contribution in [0.5, 0.6) is 11.5 Å². The van der Waals surface area contributed by atoms with Gasteiger partial charge in [-0.05, 0) is 41.5 Å². The van der Waals surface area contributed by atoms with Gasteiger partial charge in [0, 0.05) is 22.0 Å². The van der Waals surface area contributed by atoms with E-state index in [9.17, 15) is 4.79 Å². The van der Waals surface area contributed by atoms with Crippen LogP contribution in [0.4, 0.5) is 0 Å². The lowest BCUT2D eigenvalue weighted by Crippen LogP contribution is -1.97. The molecule has 0 saturated heterocycles. The Morgan fingerprint density at radius 3 is 2.32 bits per heavy atom. The van der Waals surface area contributed by atoms with Gasteiger partial charge in [0.1, 0.15) is 0 Å². The molecule has 3 nitrogen and oxygen atoms in total. The molecular weight excluding hydrogens is 344 g/mol. The fourth-order valence-corrected chi connectivity index (χ4v) is 2.88. The molecule has 0 atom stereocenters. The molecule has 2 aromatic rings. The van der Waals surface area contributed by atoms with Crippen LogP contribution < -0.4 is 9.47 Å². The van der Waals surface area contributed by atoms with E-state index in [4.69, 9.17) is 9.47 Å². The molecule has 0 heterocycles. The van der Waals surface area contributed by atoms with E-state index in [0.717, 1.165) is 21.2 Å². The van der Waals surface area contributed by atoms with Gasteiger partial charge in [-0.1, -0.05) is 28.1 Å². The fraction of sp³-hybridized carbons (Fsp3) is 0.167. The number of hydrogen-bond donors (Lipinski definition) is 0. The molecule has 0 fully saturated rings. The standard InChI is InChI=1S/C18H15BrO3/c1-21-16-9-12-8-13(7-11-3-5-14(19)6-4-11)18(20)15(12)10-17(16)22-2/h3-7,9-10H,8H2,1-2H3/b13-7-. The first-order chi connectivity index (χ1) is 10.6. The number of methoxy groups -OCH3 is 2. The summed E-state index contributed by atoms with van der Waals surface area (Å²) in [6.45, 7) is 0. The van der Waals surface area contributed by atoms with Gasteiger partial charge in [-0.25, -0.2) is 0 Å². The topological polar surface area (TPSA) is 35.5 Å². The molecule has 1 aliphatic carbocycles. The maximum absolute atomic E-state index is 12.6. The first-order valence-electron chi connectivity index (χ1n) is 6.88. The highest BCUT2D eigenvalue weighted by atomic mass is 79.9. The number of ketones is 1. The number of allylic oxidation sites excluding steroid dienone is 1. The molecule has 0 unspecified atom stereocenters. The van der Waals surface area contributed by atoms with E-state index < -0.39 is 0 Å². The Bertz CT molecular complexity index is 761. The molecule has 2 aromatic carbocycles. The Labute approximate surface area is 137 Å². The summed E-state index contributed by atoms with van der Waals surface area (Å²) in [4.78, 5) is 12.6. The summed E-state index contributed by atoms with van der Waals surface area (Å²) in [7, 11) is 3.17. The van der Waals surface area contributed by atoms with Crippen molar-refractivity contribution < 1.29 is 14.3 Å². The lowest BCUT2D eigenvalue weighted by atomic mass is 10.1. The molecule has 1 aliphatic rings. The summed E-state index contributed by atoms with van der Waals surface area (Å²) in [5, 5.41) is 0. The highest BCUT2D eigenvalue weighted by Crippen LogP contribution is 2.37. The van der Waals surface area contributed by atoms with Gasteiger partial charge in [0.2, 0.25) is 0 Å². The maximum atomic E-state index is 12.6. The Morgan fingerprint density at radius 2 is 1.68 bits per heavy atom. The van der Waals surface area contributed by atoms with Gasteiger partial charge < -0.3 is 9.47 Å². The minimum atomic E-state index is 0.0545. The summed E-state index contributed by atoms with van der Waals surface area (Å²) in [5.41, 5.74) is 3.47. The number of carbonyl (C=O) groups is 1. The monoisotopic (exact) mass is 358 g/mol. The largest absolute Gasteiger partial charge is 0.493 e. The molecule has 0 bridgehead atoms. The number of fused-ring (bicyclic) bond motifs is 1. The third-order valence-electron chi connectivity index (χ3n) is 3.74. The van der Waals surface area contributed by atoms with Crippen molar-refractivity contribution in [3.63, 3.8) is 0 Å². The van der Waals surface area contributed by atoms with E-state index in [0.29, 0.717) is 23.5 Å². The Morgan fingerprint density at radius 1 is 1.05 bits per heavy atom. The number of benzene rings is 2. The SMILES string of the molecule is COc1cc2c(cc1OC)C(=O)/C(=C\c1ccc(Br)cc1)C2. The van der Waals surface area contributed by atoms with Crippen LogP contribution in [-0.2, 0) is 6.42 Å². The van der Waals surface area contributed by atoms with Gasteiger partial charge in [0.15, 0.2) is 17.3 Å². The number of carbonyl (C=O) groups excluding carboxylic acids is 1. The van der Waals surface area contributed by atoms with Crippen molar-refractivity contribution in [2.75, 3.05) is 14.2 Å². The molecule has 0 aliphatic heterocycles. The molecule has 0 amide bonds. The number of halogens is 1. The molecule has 0 spiro atoms.